The minimum atomic E-state index is -1.10. The van der Waals surface area contributed by atoms with Gasteiger partial charge in [-0.25, -0.2) is 9.97 Å². The molecule has 1 aromatic carbocycles. The first-order valence-corrected chi connectivity index (χ1v) is 10.4. The fourth-order valence-corrected chi connectivity index (χ4v) is 3.80. The van der Waals surface area contributed by atoms with Crippen LogP contribution in [0, 0.1) is 0 Å². The number of ether oxygens (including phenoxy) is 1. The van der Waals surface area contributed by atoms with Gasteiger partial charge in [-0.15, -0.1) is 0 Å². The number of anilines is 1. The number of hydrogen-bond donors (Lipinski definition) is 4. The molecule has 4 rings (SSSR count). The van der Waals surface area contributed by atoms with Gasteiger partial charge in [-0.05, 0) is 18.9 Å². The Labute approximate surface area is 180 Å². The fourth-order valence-electron chi connectivity index (χ4n) is 3.80. The second-order valence-corrected chi connectivity index (χ2v) is 7.65. The molecule has 1 aliphatic heterocycles. The number of aliphatic hydroxyl groups excluding tert-OH is 2. The van der Waals surface area contributed by atoms with Crippen LogP contribution < -0.4 is 10.6 Å². The quantitative estimate of drug-likeness (QED) is 0.454. The number of rotatable bonds is 7. The number of carbonyl (C=O) groups is 1. The Bertz CT molecular complexity index is 1050. The summed E-state index contributed by atoms with van der Waals surface area (Å²) in [6.07, 6.45) is 0.708. The van der Waals surface area contributed by atoms with Crippen molar-refractivity contribution in [2.24, 2.45) is 0 Å². The van der Waals surface area contributed by atoms with Crippen molar-refractivity contribution >= 4 is 22.8 Å². The van der Waals surface area contributed by atoms with Crippen LogP contribution in [0.4, 0.5) is 5.82 Å². The predicted molar refractivity (Wildman–Crippen MR) is 116 cm³/mol. The smallest absolute Gasteiger partial charge is 0.239 e. The number of aliphatic hydroxyl groups is 2. The van der Waals surface area contributed by atoms with E-state index in [0.717, 1.165) is 17.5 Å². The maximum Gasteiger partial charge on any atom is 0.239 e. The van der Waals surface area contributed by atoms with Crippen molar-refractivity contribution in [3.05, 3.63) is 42.9 Å². The lowest BCUT2D eigenvalue weighted by Crippen LogP contribution is -2.30. The third-order valence-electron chi connectivity index (χ3n) is 5.43. The van der Waals surface area contributed by atoms with Gasteiger partial charge in [0.25, 0.3) is 0 Å². The summed E-state index contributed by atoms with van der Waals surface area (Å²) in [6, 6.07) is 9.72. The van der Waals surface area contributed by atoms with Crippen molar-refractivity contribution in [1.82, 2.24) is 19.9 Å². The molecule has 1 amide bonds. The van der Waals surface area contributed by atoms with Crippen molar-refractivity contribution < 1.29 is 19.7 Å². The third kappa shape index (κ3) is 4.12. The lowest BCUT2D eigenvalue weighted by atomic mass is 10.1. The second-order valence-electron chi connectivity index (χ2n) is 7.65. The maximum atomic E-state index is 12.1. The van der Waals surface area contributed by atoms with Gasteiger partial charge in [0, 0.05) is 18.3 Å². The Morgan fingerprint density at radius 1 is 1.19 bits per heavy atom. The van der Waals surface area contributed by atoms with E-state index < -0.39 is 24.5 Å². The number of nitrogens with zero attached hydrogens (tertiary/aromatic N) is 3. The highest BCUT2D eigenvalue weighted by atomic mass is 16.6. The molecule has 9 nitrogen and oxygen atoms in total. The monoisotopic (exact) mass is 425 g/mol. The highest BCUT2D eigenvalue weighted by Gasteiger charge is 2.42. The van der Waals surface area contributed by atoms with E-state index in [0.29, 0.717) is 23.4 Å². The van der Waals surface area contributed by atoms with Gasteiger partial charge in [0.05, 0.1) is 18.0 Å². The van der Waals surface area contributed by atoms with Crippen LogP contribution >= 0.6 is 0 Å². The van der Waals surface area contributed by atoms with Crippen LogP contribution in [-0.4, -0.2) is 62.1 Å². The summed E-state index contributed by atoms with van der Waals surface area (Å²) in [6.45, 7) is 4.40. The van der Waals surface area contributed by atoms with Crippen molar-refractivity contribution in [2.75, 3.05) is 18.4 Å². The Balaban J connectivity index is 1.78. The fraction of sp³-hybridized carbons (Fsp3) is 0.409. The Hall–Kier alpha value is -3.01. The topological polar surface area (TPSA) is 122 Å². The van der Waals surface area contributed by atoms with Crippen molar-refractivity contribution in [3.63, 3.8) is 0 Å². The van der Waals surface area contributed by atoms with Crippen LogP contribution in [0.25, 0.3) is 22.2 Å². The molecule has 0 aliphatic carbocycles. The van der Waals surface area contributed by atoms with Gasteiger partial charge in [-0.1, -0.05) is 37.3 Å². The standard InChI is InChI=1S/C22H27N5O4/c1-3-9-23-16(28)10-24-20-17-15(14-7-5-4-6-8-14)11-27(21(17)26-12-25-20)22-19(30)18(29)13(2)31-22/h4-8,11-13,18-19,22,29-30H,3,9-10H2,1-2H3,(H,23,28)(H,24,25,26)/t13-,18-,19-,22-/m1/s1. The SMILES string of the molecule is CCCNC(=O)CNc1ncnc2c1c(-c1ccccc1)cn2[C@@H]1O[C@H](C)[C@@H](O)[C@H]1O. The predicted octanol–water partition coefficient (Wildman–Crippen LogP) is 1.68. The van der Waals surface area contributed by atoms with E-state index in [1.807, 2.05) is 43.5 Å². The number of aromatic nitrogens is 3. The minimum absolute atomic E-state index is 0.0732. The number of fused-ring (bicyclic) bond motifs is 1. The van der Waals surface area contributed by atoms with E-state index >= 15 is 0 Å². The lowest BCUT2D eigenvalue weighted by Gasteiger charge is -2.17. The van der Waals surface area contributed by atoms with Gasteiger partial charge in [0.2, 0.25) is 5.91 Å². The first-order valence-electron chi connectivity index (χ1n) is 10.4. The molecule has 0 bridgehead atoms. The molecule has 0 unspecified atom stereocenters. The molecule has 4 atom stereocenters. The van der Waals surface area contributed by atoms with Crippen LogP contribution in [-0.2, 0) is 9.53 Å². The molecule has 1 fully saturated rings. The molecule has 4 N–H and O–H groups in total. The van der Waals surface area contributed by atoms with Crippen LogP contribution in [0.15, 0.2) is 42.9 Å². The van der Waals surface area contributed by atoms with Crippen LogP contribution in [0.3, 0.4) is 0 Å². The number of benzene rings is 1. The molecule has 3 aromatic rings. The summed E-state index contributed by atoms with van der Waals surface area (Å²) in [5.74, 6) is 0.385. The molecular weight excluding hydrogens is 398 g/mol. The number of amides is 1. The average Bonchev–Trinajstić information content (AvgIpc) is 3.30. The molecule has 0 saturated carbocycles. The van der Waals surface area contributed by atoms with Crippen molar-refractivity contribution in [1.29, 1.82) is 0 Å². The molecule has 1 saturated heterocycles. The third-order valence-corrected chi connectivity index (χ3v) is 5.43. The average molecular weight is 425 g/mol. The normalized spacial score (nSPS) is 23.2. The molecule has 3 heterocycles. The summed E-state index contributed by atoms with van der Waals surface area (Å²) in [4.78, 5) is 20.9. The number of carbonyl (C=O) groups excluding carboxylic acids is 1. The largest absolute Gasteiger partial charge is 0.388 e. The Morgan fingerprint density at radius 2 is 1.97 bits per heavy atom. The molecule has 2 aromatic heterocycles. The molecule has 1 aliphatic rings. The summed E-state index contributed by atoms with van der Waals surface area (Å²) in [5.41, 5.74) is 2.30. The summed E-state index contributed by atoms with van der Waals surface area (Å²) >= 11 is 0. The summed E-state index contributed by atoms with van der Waals surface area (Å²) in [5, 5.41) is 27.4. The van der Waals surface area contributed by atoms with Crippen LogP contribution in [0.2, 0.25) is 0 Å². The first kappa shape index (κ1) is 21.2. The molecule has 0 spiro atoms. The highest BCUT2D eigenvalue weighted by Crippen LogP contribution is 2.38. The van der Waals surface area contributed by atoms with E-state index in [1.54, 1.807) is 11.5 Å². The molecular formula is C22H27N5O4. The Kier molecular flexibility index (Phi) is 6.17. The zero-order valence-electron chi connectivity index (χ0n) is 17.5. The van der Waals surface area contributed by atoms with Gasteiger partial charge in [0.1, 0.15) is 30.0 Å². The Morgan fingerprint density at radius 3 is 2.65 bits per heavy atom. The van der Waals surface area contributed by atoms with E-state index in [2.05, 4.69) is 20.6 Å². The number of hydrogen-bond acceptors (Lipinski definition) is 7. The zero-order chi connectivity index (χ0) is 22.0. The van der Waals surface area contributed by atoms with Crippen LogP contribution in [0.1, 0.15) is 26.5 Å². The van der Waals surface area contributed by atoms with Gasteiger partial charge < -0.3 is 30.2 Å². The minimum Gasteiger partial charge on any atom is -0.388 e. The molecule has 164 valence electrons. The summed E-state index contributed by atoms with van der Waals surface area (Å²) in [7, 11) is 0. The maximum absolute atomic E-state index is 12.1. The van der Waals surface area contributed by atoms with E-state index in [1.165, 1.54) is 6.33 Å². The van der Waals surface area contributed by atoms with Gasteiger partial charge in [-0.3, -0.25) is 4.79 Å². The van der Waals surface area contributed by atoms with E-state index in [4.69, 9.17) is 4.74 Å². The van der Waals surface area contributed by atoms with Crippen molar-refractivity contribution in [3.8, 4) is 11.1 Å². The van der Waals surface area contributed by atoms with Crippen molar-refractivity contribution in [2.45, 2.75) is 44.8 Å². The van der Waals surface area contributed by atoms with Gasteiger partial charge in [0.15, 0.2) is 6.23 Å². The van der Waals surface area contributed by atoms with Crippen LogP contribution in [0.5, 0.6) is 0 Å². The molecule has 31 heavy (non-hydrogen) atoms. The number of nitrogens with one attached hydrogen (secondary N) is 2. The van der Waals surface area contributed by atoms with Gasteiger partial charge >= 0.3 is 0 Å². The van der Waals surface area contributed by atoms with E-state index in [-0.39, 0.29) is 12.5 Å². The zero-order valence-corrected chi connectivity index (χ0v) is 17.5. The molecule has 0 radical (unpaired) electrons. The highest BCUT2D eigenvalue weighted by molar-refractivity contribution is 6.02. The molecule has 9 heteroatoms. The first-order chi connectivity index (χ1) is 15.0. The second kappa shape index (κ2) is 9.01. The van der Waals surface area contributed by atoms with E-state index in [9.17, 15) is 15.0 Å². The lowest BCUT2D eigenvalue weighted by molar-refractivity contribution is -0.119. The summed E-state index contributed by atoms with van der Waals surface area (Å²) < 4.78 is 7.55. The van der Waals surface area contributed by atoms with Gasteiger partial charge in [-0.2, -0.15) is 0 Å².